The number of aliphatic hydroxyl groups excluding tert-OH is 3. The molecule has 1 rings (SSSR count). The molecule has 0 saturated heterocycles. The van der Waals surface area contributed by atoms with Crippen molar-refractivity contribution in [2.45, 2.75) is 109 Å². The van der Waals surface area contributed by atoms with E-state index in [-0.39, 0.29) is 6.42 Å². The first-order valence-corrected chi connectivity index (χ1v) is 11.1. The second-order valence-corrected chi connectivity index (χ2v) is 7.76. The van der Waals surface area contributed by atoms with Crippen LogP contribution in [0.2, 0.25) is 0 Å². The van der Waals surface area contributed by atoms with Gasteiger partial charge in [-0.3, -0.25) is 4.79 Å². The Bertz CT molecular complexity index is 515. The summed E-state index contributed by atoms with van der Waals surface area (Å²) < 4.78 is 9.80. The van der Waals surface area contributed by atoms with Gasteiger partial charge < -0.3 is 24.8 Å². The third kappa shape index (κ3) is 10.0. The quantitative estimate of drug-likeness (QED) is 0.235. The summed E-state index contributed by atoms with van der Waals surface area (Å²) in [6, 6.07) is 0. The van der Waals surface area contributed by atoms with E-state index < -0.39 is 42.3 Å². The molecule has 3 N–H and O–H groups in total. The molecule has 0 amide bonds. The van der Waals surface area contributed by atoms with Crippen molar-refractivity contribution in [1.29, 1.82) is 0 Å². The smallest absolute Gasteiger partial charge is 0.378 e. The van der Waals surface area contributed by atoms with Crippen LogP contribution in [0.25, 0.3) is 0 Å². The minimum Gasteiger partial charge on any atom is -0.505 e. The molecule has 0 saturated carbocycles. The fourth-order valence-corrected chi connectivity index (χ4v) is 3.43. The highest BCUT2D eigenvalue weighted by Crippen LogP contribution is 2.23. The molecule has 168 valence electrons. The van der Waals surface area contributed by atoms with E-state index in [0.717, 1.165) is 12.8 Å². The Hall–Kier alpha value is -1.76. The van der Waals surface area contributed by atoms with E-state index in [1.165, 1.54) is 64.2 Å². The van der Waals surface area contributed by atoms with Gasteiger partial charge in [0, 0.05) is 6.42 Å². The Labute approximate surface area is 174 Å². The molecular formula is C22H38O7. The van der Waals surface area contributed by atoms with Crippen LogP contribution >= 0.6 is 0 Å². The summed E-state index contributed by atoms with van der Waals surface area (Å²) in [4.78, 5) is 23.1. The van der Waals surface area contributed by atoms with Crippen LogP contribution in [0.4, 0.5) is 0 Å². The second kappa shape index (κ2) is 15.1. The molecule has 0 unspecified atom stereocenters. The van der Waals surface area contributed by atoms with Gasteiger partial charge in [-0.2, -0.15) is 0 Å². The lowest BCUT2D eigenvalue weighted by atomic mass is 10.0. The summed E-state index contributed by atoms with van der Waals surface area (Å²) >= 11 is 0. The summed E-state index contributed by atoms with van der Waals surface area (Å²) in [7, 11) is 0. The van der Waals surface area contributed by atoms with Crippen molar-refractivity contribution in [3.8, 4) is 0 Å². The number of aliphatic hydroxyl groups is 3. The Morgan fingerprint density at radius 1 is 0.931 bits per heavy atom. The maximum atomic E-state index is 11.9. The van der Waals surface area contributed by atoms with Crippen molar-refractivity contribution in [3.05, 3.63) is 11.5 Å². The number of unbranched alkanes of at least 4 members (excludes halogenated alkanes) is 12. The lowest BCUT2D eigenvalue weighted by molar-refractivity contribution is -0.165. The molecule has 7 nitrogen and oxygen atoms in total. The molecule has 2 atom stereocenters. The van der Waals surface area contributed by atoms with E-state index in [4.69, 9.17) is 9.47 Å². The van der Waals surface area contributed by atoms with Crippen molar-refractivity contribution in [2.75, 3.05) is 6.61 Å². The molecule has 0 aromatic heterocycles. The lowest BCUT2D eigenvalue weighted by Gasteiger charge is -2.20. The topological polar surface area (TPSA) is 113 Å². The molecular weight excluding hydrogens is 376 g/mol. The summed E-state index contributed by atoms with van der Waals surface area (Å²) in [5.74, 6) is -3.26. The molecule has 0 radical (unpaired) electrons. The zero-order valence-electron chi connectivity index (χ0n) is 17.7. The van der Waals surface area contributed by atoms with Crippen LogP contribution in [0.5, 0.6) is 0 Å². The zero-order chi connectivity index (χ0) is 21.5. The van der Waals surface area contributed by atoms with E-state index in [0.29, 0.717) is 6.42 Å². The van der Waals surface area contributed by atoms with E-state index in [1.807, 2.05) is 0 Å². The molecule has 0 aromatic rings. The highest BCUT2D eigenvalue weighted by Gasteiger charge is 2.41. The fourth-order valence-electron chi connectivity index (χ4n) is 3.43. The first-order valence-electron chi connectivity index (χ1n) is 11.1. The van der Waals surface area contributed by atoms with Crippen LogP contribution in [-0.2, 0) is 19.1 Å². The Morgan fingerprint density at radius 2 is 1.41 bits per heavy atom. The van der Waals surface area contributed by atoms with Crippen molar-refractivity contribution >= 4 is 11.9 Å². The third-order valence-electron chi connectivity index (χ3n) is 5.22. The van der Waals surface area contributed by atoms with Crippen LogP contribution in [0.15, 0.2) is 11.5 Å². The number of carbonyl (C=O) groups is 2. The fraction of sp³-hybridized carbons (Fsp3) is 0.818. The molecule has 1 aliphatic rings. The summed E-state index contributed by atoms with van der Waals surface area (Å²) in [5, 5.41) is 28.2. The summed E-state index contributed by atoms with van der Waals surface area (Å²) in [5.41, 5.74) is 0. The summed E-state index contributed by atoms with van der Waals surface area (Å²) in [6.45, 7) is 1.61. The number of carbonyl (C=O) groups excluding carboxylic acids is 2. The molecule has 0 fully saturated rings. The van der Waals surface area contributed by atoms with Gasteiger partial charge in [-0.25, -0.2) is 4.79 Å². The van der Waals surface area contributed by atoms with Crippen LogP contribution < -0.4 is 0 Å². The third-order valence-corrected chi connectivity index (χ3v) is 5.22. The van der Waals surface area contributed by atoms with Gasteiger partial charge in [-0.05, 0) is 6.42 Å². The van der Waals surface area contributed by atoms with Crippen molar-refractivity contribution in [1.82, 2.24) is 0 Å². The average molecular weight is 415 g/mol. The number of cyclic esters (lactones) is 1. The Kier molecular flexibility index (Phi) is 13.2. The molecule has 0 aromatic carbocycles. The molecule has 1 heterocycles. The van der Waals surface area contributed by atoms with Crippen LogP contribution in [0.3, 0.4) is 0 Å². The van der Waals surface area contributed by atoms with Gasteiger partial charge in [-0.15, -0.1) is 0 Å². The maximum absolute atomic E-state index is 11.9. The van der Waals surface area contributed by atoms with Crippen molar-refractivity contribution < 1.29 is 34.4 Å². The van der Waals surface area contributed by atoms with Crippen molar-refractivity contribution in [3.63, 3.8) is 0 Å². The van der Waals surface area contributed by atoms with Gasteiger partial charge in [0.15, 0.2) is 11.9 Å². The van der Waals surface area contributed by atoms with E-state index in [9.17, 15) is 24.9 Å². The largest absolute Gasteiger partial charge is 0.505 e. The summed E-state index contributed by atoms with van der Waals surface area (Å²) in [6.07, 6.45) is 13.3. The normalized spacial score (nSPS) is 17.4. The average Bonchev–Trinajstić information content (AvgIpc) is 2.97. The zero-order valence-corrected chi connectivity index (χ0v) is 17.7. The van der Waals surface area contributed by atoms with E-state index >= 15 is 0 Å². The van der Waals surface area contributed by atoms with Crippen LogP contribution in [0, 0.1) is 0 Å². The monoisotopic (exact) mass is 414 g/mol. The van der Waals surface area contributed by atoms with Gasteiger partial charge in [0.1, 0.15) is 0 Å². The molecule has 7 heteroatoms. The molecule has 0 bridgehead atoms. The van der Waals surface area contributed by atoms with Crippen LogP contribution in [-0.4, -0.2) is 46.1 Å². The number of hydrogen-bond acceptors (Lipinski definition) is 7. The highest BCUT2D eigenvalue weighted by molar-refractivity contribution is 5.89. The van der Waals surface area contributed by atoms with Crippen LogP contribution in [0.1, 0.15) is 96.8 Å². The Morgan fingerprint density at radius 3 is 1.83 bits per heavy atom. The standard InChI is InChI=1S/C22H38O7/c1-2-3-4-5-6-7-8-9-10-11-12-13-14-15-18(24)28-17(16-23)21-19(25)20(26)22(27)29-21/h17,21,23,25-26H,2-16H2,1H3/t17-,21+/m0/s1. The van der Waals surface area contributed by atoms with Crippen molar-refractivity contribution in [2.24, 2.45) is 0 Å². The molecule has 1 aliphatic heterocycles. The van der Waals surface area contributed by atoms with E-state index in [2.05, 4.69) is 6.92 Å². The maximum Gasteiger partial charge on any atom is 0.378 e. The number of rotatable bonds is 17. The number of esters is 2. The van der Waals surface area contributed by atoms with Gasteiger partial charge in [0.2, 0.25) is 11.9 Å². The first-order chi connectivity index (χ1) is 14.0. The molecule has 0 aliphatic carbocycles. The van der Waals surface area contributed by atoms with Gasteiger partial charge >= 0.3 is 11.9 Å². The highest BCUT2D eigenvalue weighted by atomic mass is 16.6. The SMILES string of the molecule is CCCCCCCCCCCCCCCC(=O)O[C@@H](CO)[C@H]1OC(=O)C(O)=C1O. The lowest BCUT2D eigenvalue weighted by Crippen LogP contribution is -2.36. The number of hydrogen-bond donors (Lipinski definition) is 3. The van der Waals surface area contributed by atoms with Gasteiger partial charge in [0.05, 0.1) is 6.61 Å². The Balaban J connectivity index is 2.02. The molecule has 29 heavy (non-hydrogen) atoms. The minimum atomic E-state index is -1.36. The van der Waals surface area contributed by atoms with Gasteiger partial charge in [-0.1, -0.05) is 84.0 Å². The number of ether oxygens (including phenoxy) is 2. The molecule has 0 spiro atoms. The minimum absolute atomic E-state index is 0.200. The predicted molar refractivity (Wildman–Crippen MR) is 109 cm³/mol. The second-order valence-electron chi connectivity index (χ2n) is 7.76. The first kappa shape index (κ1) is 25.3. The van der Waals surface area contributed by atoms with Gasteiger partial charge in [0.25, 0.3) is 0 Å². The van der Waals surface area contributed by atoms with E-state index in [1.54, 1.807) is 0 Å². The predicted octanol–water partition coefficient (Wildman–Crippen LogP) is 4.62.